The SMILES string of the molecule is O[C@@](Cn1cnnn1)(c1ccc(F)cc1F)C(F)(F)C12CC(c3ccc(COCC(F)F)cc3)(C1)C2. The molecule has 2 aromatic carbocycles. The minimum Gasteiger partial charge on any atom is -0.377 e. The molecule has 0 unspecified atom stereocenters. The van der Waals surface area contributed by atoms with E-state index in [1.165, 1.54) is 0 Å². The molecule has 0 aliphatic heterocycles. The summed E-state index contributed by atoms with van der Waals surface area (Å²) in [6.45, 7) is -1.50. The predicted molar refractivity (Wildman–Crippen MR) is 113 cm³/mol. The molecular weight excluding hydrogens is 490 g/mol. The molecule has 3 aliphatic rings. The highest BCUT2D eigenvalue weighted by molar-refractivity contribution is 5.43. The van der Waals surface area contributed by atoms with Crippen molar-refractivity contribution in [3.05, 3.63) is 77.1 Å². The summed E-state index contributed by atoms with van der Waals surface area (Å²) in [6, 6.07) is 9.01. The molecule has 0 spiro atoms. The van der Waals surface area contributed by atoms with Gasteiger partial charge in [-0.3, -0.25) is 0 Å². The van der Waals surface area contributed by atoms with E-state index in [0.717, 1.165) is 28.7 Å². The minimum absolute atomic E-state index is 0.00698. The molecule has 6 rings (SSSR count). The van der Waals surface area contributed by atoms with Crippen LogP contribution in [0.25, 0.3) is 0 Å². The van der Waals surface area contributed by atoms with Gasteiger partial charge in [0.15, 0.2) is 5.60 Å². The van der Waals surface area contributed by atoms with Crippen molar-refractivity contribution >= 4 is 0 Å². The van der Waals surface area contributed by atoms with E-state index in [-0.39, 0.29) is 25.9 Å². The highest BCUT2D eigenvalue weighted by Crippen LogP contribution is 2.80. The molecule has 1 atom stereocenters. The molecule has 3 saturated carbocycles. The van der Waals surface area contributed by atoms with Gasteiger partial charge in [-0.25, -0.2) is 31.0 Å². The van der Waals surface area contributed by atoms with Gasteiger partial charge in [-0.15, -0.1) is 5.10 Å². The first-order valence-electron chi connectivity index (χ1n) is 11.2. The minimum atomic E-state index is -3.81. The van der Waals surface area contributed by atoms with Gasteiger partial charge in [0.25, 0.3) is 12.3 Å². The highest BCUT2D eigenvalue weighted by atomic mass is 19.3. The van der Waals surface area contributed by atoms with Gasteiger partial charge < -0.3 is 9.84 Å². The lowest BCUT2D eigenvalue weighted by atomic mass is 9.30. The molecule has 0 radical (unpaired) electrons. The lowest BCUT2D eigenvalue weighted by Gasteiger charge is -2.74. The fraction of sp³-hybridized carbons (Fsp3) is 0.458. The third-order valence-electron chi connectivity index (χ3n) is 7.45. The first-order valence-corrected chi connectivity index (χ1v) is 11.2. The number of hydrogen-bond donors (Lipinski definition) is 1. The number of alkyl halides is 4. The second kappa shape index (κ2) is 8.55. The summed E-state index contributed by atoms with van der Waals surface area (Å²) in [5.74, 6) is -6.07. The van der Waals surface area contributed by atoms with Crippen molar-refractivity contribution in [2.24, 2.45) is 5.41 Å². The monoisotopic (exact) mass is 512 g/mol. The molecule has 3 aliphatic carbocycles. The molecule has 6 nitrogen and oxygen atoms in total. The number of aromatic nitrogens is 4. The maximum absolute atomic E-state index is 16.2. The Morgan fingerprint density at radius 2 is 1.75 bits per heavy atom. The van der Waals surface area contributed by atoms with E-state index in [9.17, 15) is 22.7 Å². The van der Waals surface area contributed by atoms with Crippen LogP contribution in [-0.2, 0) is 28.9 Å². The summed E-state index contributed by atoms with van der Waals surface area (Å²) in [6.07, 6.45) is -1.39. The Bertz CT molecular complexity index is 1220. The van der Waals surface area contributed by atoms with Gasteiger partial charge in [-0.05, 0) is 58.4 Å². The maximum atomic E-state index is 16.2. The van der Waals surface area contributed by atoms with Gasteiger partial charge in [0.2, 0.25) is 0 Å². The molecule has 3 fully saturated rings. The number of halogens is 6. The lowest BCUT2D eigenvalue weighted by molar-refractivity contribution is -0.347. The molecule has 36 heavy (non-hydrogen) atoms. The molecule has 1 aromatic heterocycles. The topological polar surface area (TPSA) is 73.1 Å². The maximum Gasteiger partial charge on any atom is 0.287 e. The van der Waals surface area contributed by atoms with E-state index in [4.69, 9.17) is 4.74 Å². The van der Waals surface area contributed by atoms with E-state index >= 15 is 8.78 Å². The van der Waals surface area contributed by atoms with Crippen LogP contribution in [0.5, 0.6) is 0 Å². The Hall–Kier alpha value is -2.99. The van der Waals surface area contributed by atoms with Gasteiger partial charge >= 0.3 is 0 Å². The molecule has 1 N–H and O–H groups in total. The van der Waals surface area contributed by atoms with E-state index in [2.05, 4.69) is 15.5 Å². The predicted octanol–water partition coefficient (Wildman–Crippen LogP) is 4.38. The number of aliphatic hydroxyl groups is 1. The van der Waals surface area contributed by atoms with Crippen molar-refractivity contribution in [1.29, 1.82) is 0 Å². The molecule has 1 heterocycles. The normalized spacial score (nSPS) is 24.8. The summed E-state index contributed by atoms with van der Waals surface area (Å²) >= 11 is 0. The quantitative estimate of drug-likeness (QED) is 0.409. The fourth-order valence-electron chi connectivity index (χ4n) is 5.75. The Balaban J connectivity index is 1.37. The second-order valence-electron chi connectivity index (χ2n) is 9.76. The molecule has 0 amide bonds. The van der Waals surface area contributed by atoms with E-state index in [1.807, 2.05) is 0 Å². The number of ether oxygens (including phenoxy) is 1. The lowest BCUT2D eigenvalue weighted by Crippen LogP contribution is -2.76. The zero-order chi connectivity index (χ0) is 25.8. The highest BCUT2D eigenvalue weighted by Gasteiger charge is 2.82. The standard InChI is InChI=1S/C24H22F6N4O2/c25-17-5-6-18(19(26)7-17)23(35,13-34-14-31-32-33-34)24(29,30)22-10-21(11-22,12-22)16-3-1-15(2-4-16)8-36-9-20(27)28/h1-7,14,20,35H,8-13H2/t21?,22?,23-/m0/s1. The third-order valence-corrected chi connectivity index (χ3v) is 7.45. The van der Waals surface area contributed by atoms with Crippen LogP contribution < -0.4 is 0 Å². The Kier molecular flexibility index (Phi) is 5.86. The average molecular weight is 512 g/mol. The number of hydrogen-bond acceptors (Lipinski definition) is 5. The molecule has 0 saturated heterocycles. The van der Waals surface area contributed by atoms with Crippen LogP contribution in [0.15, 0.2) is 48.8 Å². The van der Waals surface area contributed by atoms with Crippen molar-refractivity contribution in [2.45, 2.75) is 55.8 Å². The summed E-state index contributed by atoms with van der Waals surface area (Å²) in [4.78, 5) is 0. The summed E-state index contributed by atoms with van der Waals surface area (Å²) < 4.78 is 90.8. The fourth-order valence-corrected chi connectivity index (χ4v) is 5.75. The van der Waals surface area contributed by atoms with Crippen LogP contribution in [0.2, 0.25) is 0 Å². The smallest absolute Gasteiger partial charge is 0.287 e. The number of rotatable bonds is 10. The summed E-state index contributed by atoms with van der Waals surface area (Å²) in [5, 5.41) is 21.7. The van der Waals surface area contributed by atoms with Crippen LogP contribution in [0.3, 0.4) is 0 Å². The van der Waals surface area contributed by atoms with Gasteiger partial charge in [-0.1, -0.05) is 24.3 Å². The van der Waals surface area contributed by atoms with Gasteiger partial charge in [0.1, 0.15) is 24.6 Å². The van der Waals surface area contributed by atoms with Crippen LogP contribution in [-0.4, -0.2) is 44.3 Å². The van der Waals surface area contributed by atoms with Crippen molar-refractivity contribution in [2.75, 3.05) is 6.61 Å². The van der Waals surface area contributed by atoms with Gasteiger partial charge in [0, 0.05) is 17.0 Å². The zero-order valence-electron chi connectivity index (χ0n) is 18.9. The summed E-state index contributed by atoms with van der Waals surface area (Å²) in [7, 11) is 0. The largest absolute Gasteiger partial charge is 0.377 e. The number of nitrogens with zero attached hydrogens (tertiary/aromatic N) is 4. The first-order chi connectivity index (χ1) is 17.0. The van der Waals surface area contributed by atoms with E-state index < -0.39 is 59.1 Å². The Morgan fingerprint density at radius 1 is 1.06 bits per heavy atom. The second-order valence-corrected chi connectivity index (χ2v) is 9.76. The molecular formula is C24H22F6N4O2. The van der Waals surface area contributed by atoms with Crippen LogP contribution in [0, 0.1) is 17.0 Å². The van der Waals surface area contributed by atoms with Crippen molar-refractivity contribution in [1.82, 2.24) is 20.2 Å². The third kappa shape index (κ3) is 3.78. The van der Waals surface area contributed by atoms with Crippen molar-refractivity contribution < 1.29 is 36.2 Å². The van der Waals surface area contributed by atoms with Gasteiger partial charge in [-0.2, -0.15) is 0 Å². The van der Waals surface area contributed by atoms with Crippen LogP contribution >= 0.6 is 0 Å². The molecule has 2 bridgehead atoms. The van der Waals surface area contributed by atoms with Crippen LogP contribution in [0.1, 0.15) is 36.0 Å². The number of tetrazole rings is 1. The Morgan fingerprint density at radius 3 is 2.33 bits per heavy atom. The average Bonchev–Trinajstić information content (AvgIpc) is 3.25. The van der Waals surface area contributed by atoms with E-state index in [0.29, 0.717) is 11.6 Å². The number of benzene rings is 2. The molecule has 12 heteroatoms. The molecule has 3 aromatic rings. The first kappa shape index (κ1) is 24.7. The zero-order valence-corrected chi connectivity index (χ0v) is 18.9. The van der Waals surface area contributed by atoms with Crippen LogP contribution in [0.4, 0.5) is 26.3 Å². The summed E-state index contributed by atoms with van der Waals surface area (Å²) in [5.41, 5.74) is -4.42. The molecule has 192 valence electrons. The van der Waals surface area contributed by atoms with Crippen molar-refractivity contribution in [3.8, 4) is 0 Å². The van der Waals surface area contributed by atoms with Crippen molar-refractivity contribution in [3.63, 3.8) is 0 Å². The Labute approximate surface area is 201 Å². The van der Waals surface area contributed by atoms with E-state index in [1.54, 1.807) is 24.3 Å². The van der Waals surface area contributed by atoms with Gasteiger partial charge in [0.05, 0.1) is 13.2 Å².